The molecule has 0 bridgehead atoms. The highest BCUT2D eigenvalue weighted by Gasteiger charge is 2.63. The second-order valence-corrected chi connectivity index (χ2v) is 7.79. The lowest BCUT2D eigenvalue weighted by Crippen LogP contribution is -2.74. The van der Waals surface area contributed by atoms with Crippen LogP contribution in [0.25, 0.3) is 0 Å². The average molecular weight is 407 g/mol. The van der Waals surface area contributed by atoms with Gasteiger partial charge in [0.25, 0.3) is 0 Å². The zero-order valence-corrected chi connectivity index (χ0v) is 17.2. The molecule has 1 fully saturated rings. The molecule has 1 aromatic heterocycles. The van der Waals surface area contributed by atoms with Crippen LogP contribution in [0.5, 0.6) is 0 Å². The Morgan fingerprint density at radius 3 is 2.65 bits per heavy atom. The predicted molar refractivity (Wildman–Crippen MR) is 101 cm³/mol. The first-order valence-electron chi connectivity index (χ1n) is 8.35. The van der Waals surface area contributed by atoms with E-state index >= 15 is 0 Å². The molecule has 0 radical (unpaired) electrons. The van der Waals surface area contributed by atoms with Gasteiger partial charge in [-0.1, -0.05) is 25.2 Å². The largest absolute Gasteiger partial charge is 0.469 e. The van der Waals surface area contributed by atoms with Gasteiger partial charge in [0.15, 0.2) is 0 Å². The highest BCUT2D eigenvalue weighted by molar-refractivity contribution is 7.15. The number of anilines is 1. The summed E-state index contributed by atoms with van der Waals surface area (Å²) < 4.78 is 10.2. The molecule has 0 saturated heterocycles. The van der Waals surface area contributed by atoms with Crippen LogP contribution in [0.15, 0.2) is 0 Å². The summed E-state index contributed by atoms with van der Waals surface area (Å²) in [4.78, 5) is 23.7. The van der Waals surface area contributed by atoms with Crippen molar-refractivity contribution in [3.63, 3.8) is 0 Å². The number of hydrogen-bond donors (Lipinski definition) is 2. The summed E-state index contributed by atoms with van der Waals surface area (Å²) in [5, 5.41) is 12.0. The van der Waals surface area contributed by atoms with Crippen molar-refractivity contribution in [1.82, 2.24) is 10.2 Å². The Bertz CT molecular complexity index is 640. The van der Waals surface area contributed by atoms with Crippen LogP contribution in [0.4, 0.5) is 5.13 Å². The molecular formula is C16H27ClN4O4S. The molecule has 0 spiro atoms. The second kappa shape index (κ2) is 9.07. The Kier molecular flexibility index (Phi) is 7.94. The van der Waals surface area contributed by atoms with Gasteiger partial charge >= 0.3 is 5.97 Å². The number of aryl methyl sites for hydroxylation is 1. The maximum Gasteiger partial charge on any atom is 0.305 e. The summed E-state index contributed by atoms with van der Waals surface area (Å²) in [6.45, 7) is 6.40. The first kappa shape index (κ1) is 22.8. The van der Waals surface area contributed by atoms with Crippen LogP contribution in [0.1, 0.15) is 45.0 Å². The number of rotatable bonds is 8. The maximum atomic E-state index is 12.6. The maximum absolute atomic E-state index is 12.6. The van der Waals surface area contributed by atoms with Crippen LogP contribution >= 0.6 is 23.7 Å². The van der Waals surface area contributed by atoms with Crippen LogP contribution in [0.3, 0.4) is 0 Å². The summed E-state index contributed by atoms with van der Waals surface area (Å²) >= 11 is 1.29. The molecular weight excluding hydrogens is 380 g/mol. The van der Waals surface area contributed by atoms with Crippen LogP contribution < -0.4 is 11.1 Å². The lowest BCUT2D eigenvalue weighted by Gasteiger charge is -2.57. The number of nitrogens with one attached hydrogen (secondary N) is 1. The SMILES string of the molecule is CCOC1CC(N)(C(=O)Nc2nnc(CCCC(=O)OC)s2)C1(C)C.Cl. The van der Waals surface area contributed by atoms with Crippen molar-refractivity contribution in [3.8, 4) is 0 Å². The van der Waals surface area contributed by atoms with Gasteiger partial charge in [0, 0.05) is 31.3 Å². The molecule has 0 aliphatic heterocycles. The van der Waals surface area contributed by atoms with Gasteiger partial charge < -0.3 is 15.2 Å². The predicted octanol–water partition coefficient (Wildman–Crippen LogP) is 1.93. The molecule has 1 aliphatic carbocycles. The van der Waals surface area contributed by atoms with Crippen molar-refractivity contribution in [3.05, 3.63) is 5.01 Å². The van der Waals surface area contributed by atoms with Gasteiger partial charge in [0.05, 0.1) is 13.2 Å². The number of hydrogen-bond acceptors (Lipinski definition) is 8. The zero-order valence-electron chi connectivity index (χ0n) is 15.5. The lowest BCUT2D eigenvalue weighted by molar-refractivity contribution is -0.166. The number of ether oxygens (including phenoxy) is 2. The number of amides is 1. The van der Waals surface area contributed by atoms with Gasteiger partial charge in [-0.25, -0.2) is 0 Å². The molecule has 3 N–H and O–H groups in total. The van der Waals surface area contributed by atoms with Crippen LogP contribution in [-0.4, -0.2) is 47.4 Å². The molecule has 1 amide bonds. The number of esters is 1. The molecule has 8 nitrogen and oxygen atoms in total. The molecule has 2 rings (SSSR count). The molecule has 0 aromatic carbocycles. The summed E-state index contributed by atoms with van der Waals surface area (Å²) in [5.41, 5.74) is 4.89. The summed E-state index contributed by atoms with van der Waals surface area (Å²) in [6.07, 6.45) is 2.01. The monoisotopic (exact) mass is 406 g/mol. The Labute approximate surface area is 163 Å². The third-order valence-corrected chi connectivity index (χ3v) is 5.82. The van der Waals surface area contributed by atoms with Crippen molar-refractivity contribution < 1.29 is 19.1 Å². The number of halogens is 1. The fraction of sp³-hybridized carbons (Fsp3) is 0.750. The molecule has 2 unspecified atom stereocenters. The Morgan fingerprint density at radius 2 is 2.08 bits per heavy atom. The van der Waals surface area contributed by atoms with E-state index in [9.17, 15) is 9.59 Å². The molecule has 1 heterocycles. The Hall–Kier alpha value is -1.29. The standard InChI is InChI=1S/C16H26N4O4S.ClH/c1-5-24-10-9-16(17,15(10,2)3)13(22)18-14-20-19-11(25-14)7-6-8-12(21)23-4;/h10H,5-9,17H2,1-4H3,(H,18,20,22);1H. The highest BCUT2D eigenvalue weighted by atomic mass is 35.5. The minimum absolute atomic E-state index is 0. The number of nitrogens with zero attached hydrogens (tertiary/aromatic N) is 2. The Balaban J connectivity index is 0.00000338. The van der Waals surface area contributed by atoms with E-state index in [1.54, 1.807) is 0 Å². The van der Waals surface area contributed by atoms with Gasteiger partial charge in [-0.15, -0.1) is 22.6 Å². The molecule has 1 aromatic rings. The second-order valence-electron chi connectivity index (χ2n) is 6.73. The minimum atomic E-state index is -0.996. The van der Waals surface area contributed by atoms with Gasteiger partial charge in [0.1, 0.15) is 10.5 Å². The van der Waals surface area contributed by atoms with Gasteiger partial charge in [-0.2, -0.15) is 0 Å². The third kappa shape index (κ3) is 4.51. The zero-order chi connectivity index (χ0) is 18.7. The lowest BCUT2D eigenvalue weighted by atomic mass is 9.54. The van der Waals surface area contributed by atoms with Crippen molar-refractivity contribution in [2.45, 2.75) is 58.1 Å². The molecule has 1 aliphatic rings. The van der Waals surface area contributed by atoms with E-state index in [1.165, 1.54) is 18.4 Å². The van der Waals surface area contributed by atoms with Gasteiger partial charge in [0.2, 0.25) is 11.0 Å². The first-order valence-corrected chi connectivity index (χ1v) is 9.17. The minimum Gasteiger partial charge on any atom is -0.469 e. The van der Waals surface area contributed by atoms with E-state index in [1.807, 2.05) is 20.8 Å². The Morgan fingerprint density at radius 1 is 1.38 bits per heavy atom. The summed E-state index contributed by atoms with van der Waals surface area (Å²) in [5.74, 6) is -0.523. The quantitative estimate of drug-likeness (QED) is 0.633. The van der Waals surface area contributed by atoms with Crippen molar-refractivity contribution in [2.75, 3.05) is 19.0 Å². The molecule has 1 saturated carbocycles. The number of nitrogens with two attached hydrogens (primary N) is 1. The molecule has 2 atom stereocenters. The normalized spacial score (nSPS) is 23.5. The number of methoxy groups -OCH3 is 1. The van der Waals surface area contributed by atoms with E-state index in [2.05, 4.69) is 20.3 Å². The number of aromatic nitrogens is 2. The first-order chi connectivity index (χ1) is 11.7. The molecule has 26 heavy (non-hydrogen) atoms. The van der Waals surface area contributed by atoms with Gasteiger partial charge in [-0.3, -0.25) is 14.9 Å². The van der Waals surface area contributed by atoms with Crippen LogP contribution in [0.2, 0.25) is 0 Å². The fourth-order valence-electron chi connectivity index (χ4n) is 2.92. The molecule has 148 valence electrons. The van der Waals surface area contributed by atoms with Crippen LogP contribution in [0, 0.1) is 5.41 Å². The summed E-state index contributed by atoms with van der Waals surface area (Å²) in [7, 11) is 1.36. The van der Waals surface area contributed by atoms with E-state index in [0.717, 1.165) is 5.01 Å². The van der Waals surface area contributed by atoms with E-state index in [4.69, 9.17) is 10.5 Å². The summed E-state index contributed by atoms with van der Waals surface area (Å²) in [6, 6.07) is 0. The molecule has 10 heteroatoms. The van der Waals surface area contributed by atoms with Gasteiger partial charge in [-0.05, 0) is 13.3 Å². The van der Waals surface area contributed by atoms with Crippen LogP contribution in [-0.2, 0) is 25.5 Å². The number of carbonyl (C=O) groups is 2. The smallest absolute Gasteiger partial charge is 0.305 e. The van der Waals surface area contributed by atoms with Crippen molar-refractivity contribution >= 4 is 40.8 Å². The fourth-order valence-corrected chi connectivity index (χ4v) is 3.70. The van der Waals surface area contributed by atoms with E-state index in [-0.39, 0.29) is 30.4 Å². The van der Waals surface area contributed by atoms with Crippen molar-refractivity contribution in [2.24, 2.45) is 11.1 Å². The topological polar surface area (TPSA) is 116 Å². The number of carbonyl (C=O) groups excluding carboxylic acids is 2. The average Bonchev–Trinajstić information content (AvgIpc) is 3.01. The van der Waals surface area contributed by atoms with E-state index < -0.39 is 11.0 Å². The highest BCUT2D eigenvalue weighted by Crippen LogP contribution is 2.50. The van der Waals surface area contributed by atoms with E-state index in [0.29, 0.717) is 37.4 Å². The third-order valence-electron chi connectivity index (χ3n) is 4.92. The van der Waals surface area contributed by atoms with Crippen molar-refractivity contribution in [1.29, 1.82) is 0 Å².